The molecule has 0 radical (unpaired) electrons. The molecule has 0 unspecified atom stereocenters. The van der Waals surface area contributed by atoms with Crippen molar-refractivity contribution in [2.24, 2.45) is 0 Å². The highest BCUT2D eigenvalue weighted by molar-refractivity contribution is 5.79. The van der Waals surface area contributed by atoms with Crippen molar-refractivity contribution in [3.63, 3.8) is 0 Å². The van der Waals surface area contributed by atoms with Crippen molar-refractivity contribution in [3.8, 4) is 5.75 Å². The maximum Gasteiger partial charge on any atom is 0.294 e. The molecule has 1 fully saturated rings. The fourth-order valence-corrected chi connectivity index (χ4v) is 4.11. The van der Waals surface area contributed by atoms with Crippen LogP contribution in [0.5, 0.6) is 5.75 Å². The number of aliphatic hydroxyl groups excluding tert-OH is 1. The number of para-hydroxylation sites is 1. The van der Waals surface area contributed by atoms with Crippen LogP contribution in [-0.4, -0.2) is 45.4 Å². The van der Waals surface area contributed by atoms with Crippen LogP contribution in [0, 0.1) is 24.0 Å². The van der Waals surface area contributed by atoms with Crippen LogP contribution in [0.25, 0.3) is 11.0 Å². The first-order valence-electron chi connectivity index (χ1n) is 10.7. The monoisotopic (exact) mass is 438 g/mol. The smallest absolute Gasteiger partial charge is 0.294 e. The number of hydrogen-bond acceptors (Lipinski definition) is 7. The molecule has 1 aromatic heterocycles. The predicted molar refractivity (Wildman–Crippen MR) is 122 cm³/mol. The summed E-state index contributed by atoms with van der Waals surface area (Å²) >= 11 is 0. The Morgan fingerprint density at radius 1 is 1.19 bits per heavy atom. The zero-order valence-electron chi connectivity index (χ0n) is 18.2. The zero-order valence-corrected chi connectivity index (χ0v) is 18.2. The zero-order chi connectivity index (χ0) is 22.8. The van der Waals surface area contributed by atoms with E-state index < -0.39 is 11.0 Å². The van der Waals surface area contributed by atoms with Crippen molar-refractivity contribution in [2.75, 3.05) is 24.6 Å². The Kier molecular flexibility index (Phi) is 6.09. The molecular formula is C23H26N4O5. The minimum atomic E-state index is -0.997. The molecule has 0 aliphatic carbocycles. The standard InChI is InChI=1S/C23H26N4O5/c1-15-6-5-7-16(2)21(15)32-14-18(28)13-26-20-12-17(27(30)31)8-9-19(20)24-22(23(26)29)25-10-3-4-11-25/h5-9,12,18,28H,3-4,10-11,13-14H2,1-2H3/t18-/m0/s1. The van der Waals surface area contributed by atoms with E-state index >= 15 is 0 Å². The molecular weight excluding hydrogens is 412 g/mol. The van der Waals surface area contributed by atoms with Crippen LogP contribution in [0.4, 0.5) is 11.5 Å². The third-order valence-corrected chi connectivity index (χ3v) is 5.75. The topological polar surface area (TPSA) is 111 Å². The third-order valence-electron chi connectivity index (χ3n) is 5.75. The van der Waals surface area contributed by atoms with Crippen molar-refractivity contribution in [2.45, 2.75) is 39.3 Å². The van der Waals surface area contributed by atoms with E-state index in [0.29, 0.717) is 22.6 Å². The summed E-state index contributed by atoms with van der Waals surface area (Å²) in [5, 5.41) is 22.0. The number of anilines is 1. The number of nitro benzene ring substituents is 1. The largest absolute Gasteiger partial charge is 0.490 e. The molecule has 0 saturated carbocycles. The maximum absolute atomic E-state index is 13.3. The summed E-state index contributed by atoms with van der Waals surface area (Å²) in [6.45, 7) is 5.24. The van der Waals surface area contributed by atoms with E-state index in [1.807, 2.05) is 36.9 Å². The molecule has 2 heterocycles. The second-order valence-electron chi connectivity index (χ2n) is 8.16. The third kappa shape index (κ3) is 4.29. The molecule has 0 spiro atoms. The van der Waals surface area contributed by atoms with Gasteiger partial charge >= 0.3 is 0 Å². The number of fused-ring (bicyclic) bond motifs is 1. The molecule has 0 amide bonds. The Morgan fingerprint density at radius 2 is 1.88 bits per heavy atom. The number of rotatable bonds is 7. The Labute approximate surface area is 185 Å². The Morgan fingerprint density at radius 3 is 2.53 bits per heavy atom. The highest BCUT2D eigenvalue weighted by Gasteiger charge is 2.22. The Hall–Kier alpha value is -3.46. The van der Waals surface area contributed by atoms with Gasteiger partial charge in [0.05, 0.1) is 22.5 Å². The number of aryl methyl sites for hydroxylation is 2. The van der Waals surface area contributed by atoms with E-state index in [0.717, 1.165) is 37.1 Å². The van der Waals surface area contributed by atoms with Gasteiger partial charge in [0.1, 0.15) is 18.5 Å². The van der Waals surface area contributed by atoms with Gasteiger partial charge in [-0.15, -0.1) is 0 Å². The second-order valence-corrected chi connectivity index (χ2v) is 8.16. The molecule has 0 bridgehead atoms. The van der Waals surface area contributed by atoms with Gasteiger partial charge in [0, 0.05) is 25.2 Å². The predicted octanol–water partition coefficient (Wildman–Crippen LogP) is 2.96. The van der Waals surface area contributed by atoms with Crippen molar-refractivity contribution >= 4 is 22.5 Å². The lowest BCUT2D eigenvalue weighted by Gasteiger charge is -2.21. The fourth-order valence-electron chi connectivity index (χ4n) is 4.11. The second kappa shape index (κ2) is 8.96. The normalized spacial score (nSPS) is 14.7. The molecule has 4 rings (SSSR count). The van der Waals surface area contributed by atoms with Gasteiger partial charge in [0.15, 0.2) is 5.82 Å². The number of aliphatic hydroxyl groups is 1. The van der Waals surface area contributed by atoms with Gasteiger partial charge in [0.25, 0.3) is 11.2 Å². The average Bonchev–Trinajstić information content (AvgIpc) is 3.29. The van der Waals surface area contributed by atoms with E-state index in [-0.39, 0.29) is 24.4 Å². The fraction of sp³-hybridized carbons (Fsp3) is 0.391. The van der Waals surface area contributed by atoms with Crippen LogP contribution < -0.4 is 15.2 Å². The lowest BCUT2D eigenvalue weighted by Crippen LogP contribution is -2.35. The van der Waals surface area contributed by atoms with Gasteiger partial charge in [-0.25, -0.2) is 4.98 Å². The van der Waals surface area contributed by atoms with Gasteiger partial charge < -0.3 is 19.3 Å². The van der Waals surface area contributed by atoms with Gasteiger partial charge in [0.2, 0.25) is 0 Å². The Bertz CT molecular complexity index is 1200. The summed E-state index contributed by atoms with van der Waals surface area (Å²) < 4.78 is 7.22. The van der Waals surface area contributed by atoms with Crippen LogP contribution in [-0.2, 0) is 6.54 Å². The SMILES string of the molecule is Cc1cccc(C)c1OC[C@@H](O)Cn1c(=O)c(N2CCCC2)nc2ccc([N+](=O)[O-])cc21. The molecule has 1 saturated heterocycles. The summed E-state index contributed by atoms with van der Waals surface area (Å²) in [5.41, 5.74) is 2.19. The highest BCUT2D eigenvalue weighted by atomic mass is 16.6. The average molecular weight is 438 g/mol. The quantitative estimate of drug-likeness (QED) is 0.446. The molecule has 9 heteroatoms. The van der Waals surface area contributed by atoms with E-state index in [2.05, 4.69) is 4.98 Å². The maximum atomic E-state index is 13.3. The molecule has 1 aliphatic heterocycles. The van der Waals surface area contributed by atoms with Gasteiger partial charge in [-0.3, -0.25) is 14.9 Å². The summed E-state index contributed by atoms with van der Waals surface area (Å²) in [5.74, 6) is 1.01. The first kappa shape index (κ1) is 21.8. The van der Waals surface area contributed by atoms with Gasteiger partial charge in [-0.2, -0.15) is 0 Å². The first-order valence-corrected chi connectivity index (χ1v) is 10.7. The first-order chi connectivity index (χ1) is 15.3. The van der Waals surface area contributed by atoms with Crippen molar-refractivity contribution in [1.29, 1.82) is 0 Å². The summed E-state index contributed by atoms with van der Waals surface area (Å²) in [4.78, 5) is 30.5. The number of nitro groups is 1. The van der Waals surface area contributed by atoms with Crippen LogP contribution in [0.15, 0.2) is 41.2 Å². The van der Waals surface area contributed by atoms with Crippen LogP contribution >= 0.6 is 0 Å². The van der Waals surface area contributed by atoms with Gasteiger partial charge in [-0.1, -0.05) is 18.2 Å². The van der Waals surface area contributed by atoms with E-state index in [9.17, 15) is 20.0 Å². The van der Waals surface area contributed by atoms with Crippen molar-refractivity contribution in [1.82, 2.24) is 9.55 Å². The number of hydrogen-bond donors (Lipinski definition) is 1. The number of ether oxygens (including phenoxy) is 1. The molecule has 1 N–H and O–H groups in total. The van der Waals surface area contributed by atoms with E-state index in [4.69, 9.17) is 4.74 Å². The minimum Gasteiger partial charge on any atom is -0.490 e. The van der Waals surface area contributed by atoms with Crippen LogP contribution in [0.2, 0.25) is 0 Å². The van der Waals surface area contributed by atoms with Crippen LogP contribution in [0.1, 0.15) is 24.0 Å². The van der Waals surface area contributed by atoms with Gasteiger partial charge in [-0.05, 0) is 43.9 Å². The van der Waals surface area contributed by atoms with Crippen LogP contribution in [0.3, 0.4) is 0 Å². The van der Waals surface area contributed by atoms with E-state index in [1.54, 1.807) is 6.07 Å². The summed E-state index contributed by atoms with van der Waals surface area (Å²) in [6, 6.07) is 10.0. The lowest BCUT2D eigenvalue weighted by atomic mass is 10.1. The number of nitrogens with zero attached hydrogens (tertiary/aromatic N) is 4. The number of benzene rings is 2. The minimum absolute atomic E-state index is 0.0179. The molecule has 2 aromatic carbocycles. The molecule has 9 nitrogen and oxygen atoms in total. The molecule has 1 atom stereocenters. The number of aromatic nitrogens is 2. The highest BCUT2D eigenvalue weighted by Crippen LogP contribution is 2.24. The lowest BCUT2D eigenvalue weighted by molar-refractivity contribution is -0.384. The molecule has 32 heavy (non-hydrogen) atoms. The Balaban J connectivity index is 1.68. The number of non-ortho nitro benzene ring substituents is 1. The van der Waals surface area contributed by atoms with Crippen molar-refractivity contribution < 1.29 is 14.8 Å². The van der Waals surface area contributed by atoms with E-state index in [1.165, 1.54) is 16.7 Å². The summed E-state index contributed by atoms with van der Waals surface area (Å²) in [6.07, 6.45) is 0.958. The molecule has 168 valence electrons. The molecule has 1 aliphatic rings. The molecule has 3 aromatic rings. The summed E-state index contributed by atoms with van der Waals surface area (Å²) in [7, 11) is 0. The van der Waals surface area contributed by atoms with Crippen molar-refractivity contribution in [3.05, 3.63) is 68.0 Å².